The number of nitrogens with one attached hydrogen (secondary N) is 1. The van der Waals surface area contributed by atoms with Gasteiger partial charge in [0.05, 0.1) is 71.1 Å². The van der Waals surface area contributed by atoms with E-state index in [1.807, 2.05) is 36.4 Å². The van der Waals surface area contributed by atoms with E-state index in [2.05, 4.69) is 19.2 Å². The number of benzene rings is 3. The Bertz CT molecular complexity index is 1790. The molecule has 9 nitrogen and oxygen atoms in total. The third-order valence-corrected chi connectivity index (χ3v) is 8.86. The first-order valence-corrected chi connectivity index (χ1v) is 16.0. The van der Waals surface area contributed by atoms with Gasteiger partial charge < -0.3 is 33.7 Å². The summed E-state index contributed by atoms with van der Waals surface area (Å²) in [6, 6.07) is 19.4. The number of ether oxygens (including phenoxy) is 6. The molecule has 1 N–H and O–H groups in total. The molecule has 1 unspecified atom stereocenters. The van der Waals surface area contributed by atoms with E-state index >= 15 is 0 Å². The highest BCUT2D eigenvalue weighted by molar-refractivity contribution is 6.31. The van der Waals surface area contributed by atoms with E-state index in [0.29, 0.717) is 73.7 Å². The molecular formula is C37H38ClFN2O7. The molecule has 48 heavy (non-hydrogen) atoms. The van der Waals surface area contributed by atoms with Crippen molar-refractivity contribution in [1.29, 1.82) is 0 Å². The predicted molar refractivity (Wildman–Crippen MR) is 178 cm³/mol. The van der Waals surface area contributed by atoms with Gasteiger partial charge in [0.25, 0.3) is 5.91 Å². The average Bonchev–Trinajstić information content (AvgIpc) is 3.83. The molecule has 0 spiro atoms. The van der Waals surface area contributed by atoms with Crippen molar-refractivity contribution in [2.24, 2.45) is 0 Å². The summed E-state index contributed by atoms with van der Waals surface area (Å²) < 4.78 is 48.2. The van der Waals surface area contributed by atoms with Crippen LogP contribution in [0.5, 0.6) is 17.2 Å². The molecular weight excluding hydrogens is 639 g/mol. The Balaban J connectivity index is 1.07. The van der Waals surface area contributed by atoms with Gasteiger partial charge in [-0.2, -0.15) is 0 Å². The number of aromatic nitrogens is 1. The molecule has 252 valence electrons. The van der Waals surface area contributed by atoms with Crippen LogP contribution in [0.3, 0.4) is 0 Å². The van der Waals surface area contributed by atoms with Crippen LogP contribution in [0.4, 0.5) is 4.39 Å². The van der Waals surface area contributed by atoms with E-state index in [9.17, 15) is 9.18 Å². The quantitative estimate of drug-likeness (QED) is 0.118. The molecule has 2 aliphatic heterocycles. The van der Waals surface area contributed by atoms with Gasteiger partial charge in [-0.3, -0.25) is 4.79 Å². The van der Waals surface area contributed by atoms with E-state index in [0.717, 1.165) is 22.4 Å². The number of amides is 1. The van der Waals surface area contributed by atoms with Gasteiger partial charge >= 0.3 is 0 Å². The van der Waals surface area contributed by atoms with Crippen molar-refractivity contribution in [3.05, 3.63) is 106 Å². The Labute approximate surface area is 284 Å². The van der Waals surface area contributed by atoms with Crippen molar-refractivity contribution >= 4 is 17.5 Å². The Hall–Kier alpha value is -4.22. The number of carbonyl (C=O) groups is 1. The Morgan fingerprint density at radius 2 is 1.71 bits per heavy atom. The van der Waals surface area contributed by atoms with Crippen molar-refractivity contribution < 1.29 is 37.6 Å². The summed E-state index contributed by atoms with van der Waals surface area (Å²) in [5, 5.41) is 3.00. The highest BCUT2D eigenvalue weighted by Crippen LogP contribution is 2.48. The maximum absolute atomic E-state index is 14.0. The molecule has 0 aliphatic carbocycles. The van der Waals surface area contributed by atoms with Crippen molar-refractivity contribution in [3.63, 3.8) is 0 Å². The Morgan fingerprint density at radius 3 is 2.40 bits per heavy atom. The van der Waals surface area contributed by atoms with Gasteiger partial charge in [0.2, 0.25) is 0 Å². The van der Waals surface area contributed by atoms with E-state index < -0.39 is 11.4 Å². The standard InChI is InChI=1S/C37H38ClFN2O7/c1-36(2)21-47-34-28(36)17-32(41-33(34)24-9-12-30(39)29(38)15-24)37(22-48-37)20-40-35(42)25-7-8-26(31(16-25)44-4)19-46-14-13-45-18-23-5-10-27(43-3)11-6-23/h5-12,15-17H,13-14,18-22H2,1-4H3,(H,40,42). The molecule has 6 rings (SSSR count). The first-order valence-electron chi connectivity index (χ1n) is 15.6. The van der Waals surface area contributed by atoms with Crippen molar-refractivity contribution in [3.8, 4) is 28.5 Å². The largest absolute Gasteiger partial charge is 0.497 e. The Kier molecular flexibility index (Phi) is 9.89. The number of pyridine rings is 1. The summed E-state index contributed by atoms with van der Waals surface area (Å²) in [5.41, 5.74) is 4.03. The molecule has 3 aromatic carbocycles. The first-order chi connectivity index (χ1) is 23.1. The van der Waals surface area contributed by atoms with Crippen LogP contribution in [0.1, 0.15) is 46.6 Å². The van der Waals surface area contributed by atoms with Crippen LogP contribution >= 0.6 is 11.6 Å². The Morgan fingerprint density at radius 1 is 0.958 bits per heavy atom. The summed E-state index contributed by atoms with van der Waals surface area (Å²) in [6.45, 7) is 6.85. The maximum Gasteiger partial charge on any atom is 0.251 e. The van der Waals surface area contributed by atoms with Gasteiger partial charge in [-0.15, -0.1) is 0 Å². The number of hydrogen-bond donors (Lipinski definition) is 1. The monoisotopic (exact) mass is 676 g/mol. The van der Waals surface area contributed by atoms with Crippen LogP contribution in [0.25, 0.3) is 11.3 Å². The lowest BCUT2D eigenvalue weighted by molar-refractivity contribution is 0.0333. The lowest BCUT2D eigenvalue weighted by Gasteiger charge is -2.20. The molecule has 1 atom stereocenters. The summed E-state index contributed by atoms with van der Waals surface area (Å²) >= 11 is 6.12. The summed E-state index contributed by atoms with van der Waals surface area (Å²) in [5.74, 6) is 1.20. The second kappa shape index (κ2) is 14.1. The van der Waals surface area contributed by atoms with Crippen LogP contribution in [0.2, 0.25) is 5.02 Å². The fraction of sp³-hybridized carbons (Fsp3) is 0.351. The number of methoxy groups -OCH3 is 2. The van der Waals surface area contributed by atoms with Gasteiger partial charge in [-0.1, -0.05) is 43.6 Å². The van der Waals surface area contributed by atoms with E-state index in [-0.39, 0.29) is 22.9 Å². The number of halogens is 2. The number of carbonyl (C=O) groups excluding carboxylic acids is 1. The third-order valence-electron chi connectivity index (χ3n) is 8.57. The number of fused-ring (bicyclic) bond motifs is 1. The molecule has 1 amide bonds. The fourth-order valence-corrected chi connectivity index (χ4v) is 5.74. The fourth-order valence-electron chi connectivity index (χ4n) is 5.55. The lowest BCUT2D eigenvalue weighted by atomic mass is 9.85. The van der Waals surface area contributed by atoms with Crippen LogP contribution < -0.4 is 19.5 Å². The highest BCUT2D eigenvalue weighted by Gasteiger charge is 2.50. The molecule has 2 aliphatic rings. The van der Waals surface area contributed by atoms with Gasteiger partial charge in [-0.05, 0) is 54.1 Å². The van der Waals surface area contributed by atoms with Gasteiger partial charge in [-0.25, -0.2) is 9.37 Å². The minimum absolute atomic E-state index is 0.00172. The molecule has 1 saturated heterocycles. The minimum atomic E-state index is -0.810. The molecule has 1 fully saturated rings. The van der Waals surface area contributed by atoms with Crippen LogP contribution in [-0.4, -0.2) is 58.1 Å². The zero-order chi connectivity index (χ0) is 33.9. The zero-order valence-electron chi connectivity index (χ0n) is 27.4. The molecule has 0 radical (unpaired) electrons. The minimum Gasteiger partial charge on any atom is -0.497 e. The van der Waals surface area contributed by atoms with Gasteiger partial charge in [0.15, 0.2) is 5.60 Å². The number of rotatable bonds is 14. The number of hydrogen-bond acceptors (Lipinski definition) is 8. The normalized spacial score (nSPS) is 17.4. The second-order valence-corrected chi connectivity index (χ2v) is 12.9. The van der Waals surface area contributed by atoms with Crippen LogP contribution in [0.15, 0.2) is 66.7 Å². The molecule has 0 bridgehead atoms. The third kappa shape index (κ3) is 7.27. The van der Waals surface area contributed by atoms with Crippen molar-refractivity contribution in [2.45, 2.75) is 38.1 Å². The van der Waals surface area contributed by atoms with E-state index in [1.54, 1.807) is 38.5 Å². The molecule has 0 saturated carbocycles. The first kappa shape index (κ1) is 33.7. The lowest BCUT2D eigenvalue weighted by Crippen LogP contribution is -2.34. The number of epoxide rings is 1. The van der Waals surface area contributed by atoms with Crippen LogP contribution in [-0.2, 0) is 38.4 Å². The summed E-state index contributed by atoms with van der Waals surface area (Å²) in [4.78, 5) is 18.2. The molecule has 4 aromatic rings. The number of nitrogens with zero attached hydrogens (tertiary/aromatic N) is 1. The molecule has 3 heterocycles. The zero-order valence-corrected chi connectivity index (χ0v) is 28.1. The van der Waals surface area contributed by atoms with Crippen molar-refractivity contribution in [2.75, 3.05) is 47.2 Å². The van der Waals surface area contributed by atoms with Crippen molar-refractivity contribution in [1.82, 2.24) is 10.3 Å². The van der Waals surface area contributed by atoms with Gasteiger partial charge in [0, 0.05) is 27.7 Å². The topological polar surface area (TPSA) is 101 Å². The molecule has 11 heteroatoms. The second-order valence-electron chi connectivity index (χ2n) is 12.5. The summed E-state index contributed by atoms with van der Waals surface area (Å²) in [6.07, 6.45) is 0. The van der Waals surface area contributed by atoms with E-state index in [1.165, 1.54) is 6.07 Å². The van der Waals surface area contributed by atoms with Gasteiger partial charge in [0.1, 0.15) is 28.8 Å². The predicted octanol–water partition coefficient (Wildman–Crippen LogP) is 6.62. The van der Waals surface area contributed by atoms with E-state index in [4.69, 9.17) is 45.0 Å². The smallest absolute Gasteiger partial charge is 0.251 e. The molecule has 1 aromatic heterocycles. The average molecular weight is 677 g/mol. The highest BCUT2D eigenvalue weighted by atomic mass is 35.5. The van der Waals surface area contributed by atoms with Crippen LogP contribution in [0, 0.1) is 5.82 Å². The maximum atomic E-state index is 14.0. The SMILES string of the molecule is COc1ccc(COCCOCc2ccc(C(=O)NCC3(c4cc5c(c(-c6ccc(F)c(Cl)c6)n4)OCC5(C)C)CO3)cc2OC)cc1. The summed E-state index contributed by atoms with van der Waals surface area (Å²) in [7, 11) is 3.19.